The van der Waals surface area contributed by atoms with Gasteiger partial charge in [0.1, 0.15) is 16.3 Å². The normalized spacial score (nSPS) is 12.3. The van der Waals surface area contributed by atoms with E-state index >= 15 is 0 Å². The number of carbonyl (C=O) groups is 2. The Labute approximate surface area is 160 Å². The first-order chi connectivity index (χ1) is 12.8. The SMILES string of the molecule is C=CCn1c(SC(C(C)=O)C(=O)N(C)C)nc2c([nH]c3ccccc32)c1=O. The summed E-state index contributed by atoms with van der Waals surface area (Å²) >= 11 is 0.990. The van der Waals surface area contributed by atoms with E-state index in [1.807, 2.05) is 24.3 Å². The summed E-state index contributed by atoms with van der Waals surface area (Å²) in [6.07, 6.45) is 1.58. The largest absolute Gasteiger partial charge is 0.349 e. The van der Waals surface area contributed by atoms with Gasteiger partial charge in [-0.1, -0.05) is 36.0 Å². The minimum atomic E-state index is -0.967. The Bertz CT molecular complexity index is 1110. The second-order valence-electron chi connectivity index (χ2n) is 6.33. The number of allylic oxidation sites excluding steroid dienone is 1. The number of fused-ring (bicyclic) bond motifs is 3. The van der Waals surface area contributed by atoms with Gasteiger partial charge >= 0.3 is 0 Å². The molecule has 3 aromatic rings. The van der Waals surface area contributed by atoms with E-state index in [1.54, 1.807) is 20.2 Å². The third-order valence-electron chi connectivity index (χ3n) is 4.15. The van der Waals surface area contributed by atoms with Gasteiger partial charge in [0.2, 0.25) is 5.91 Å². The quantitative estimate of drug-likeness (QED) is 0.305. The predicted octanol–water partition coefficient (Wildman–Crippen LogP) is 2.20. The summed E-state index contributed by atoms with van der Waals surface area (Å²) in [5.74, 6) is -0.636. The van der Waals surface area contributed by atoms with Gasteiger partial charge in [-0.2, -0.15) is 0 Å². The van der Waals surface area contributed by atoms with Crippen molar-refractivity contribution in [3.05, 3.63) is 47.3 Å². The molecule has 1 amide bonds. The number of hydrogen-bond donors (Lipinski definition) is 1. The number of aromatic amines is 1. The zero-order valence-corrected chi connectivity index (χ0v) is 16.2. The number of para-hydroxylation sites is 1. The molecule has 27 heavy (non-hydrogen) atoms. The molecule has 0 saturated heterocycles. The van der Waals surface area contributed by atoms with Crippen LogP contribution in [-0.2, 0) is 16.1 Å². The van der Waals surface area contributed by atoms with Gasteiger partial charge < -0.3 is 9.88 Å². The molecule has 1 atom stereocenters. The number of nitrogens with zero attached hydrogens (tertiary/aromatic N) is 3. The molecule has 0 fully saturated rings. The Balaban J connectivity index is 2.23. The fourth-order valence-electron chi connectivity index (χ4n) is 2.80. The van der Waals surface area contributed by atoms with Crippen LogP contribution in [-0.4, -0.2) is 50.5 Å². The van der Waals surface area contributed by atoms with Crippen LogP contribution in [0.1, 0.15) is 6.92 Å². The minimum absolute atomic E-state index is 0.222. The van der Waals surface area contributed by atoms with E-state index in [9.17, 15) is 14.4 Å². The van der Waals surface area contributed by atoms with Crippen molar-refractivity contribution in [2.45, 2.75) is 23.9 Å². The molecule has 1 unspecified atom stereocenters. The summed E-state index contributed by atoms with van der Waals surface area (Å²) in [6.45, 7) is 5.27. The fraction of sp³-hybridized carbons (Fsp3) is 0.263. The lowest BCUT2D eigenvalue weighted by molar-refractivity contribution is -0.132. The van der Waals surface area contributed by atoms with Gasteiger partial charge in [-0.3, -0.25) is 19.0 Å². The number of thioether (sulfide) groups is 1. The van der Waals surface area contributed by atoms with Gasteiger partial charge in [0, 0.05) is 31.5 Å². The Kier molecular flexibility index (Phi) is 5.18. The van der Waals surface area contributed by atoms with E-state index in [0.29, 0.717) is 16.2 Å². The summed E-state index contributed by atoms with van der Waals surface area (Å²) in [5.41, 5.74) is 1.45. The first-order valence-electron chi connectivity index (χ1n) is 8.35. The van der Waals surface area contributed by atoms with Crippen LogP contribution in [0, 0.1) is 0 Å². The van der Waals surface area contributed by atoms with Crippen molar-refractivity contribution in [1.29, 1.82) is 0 Å². The smallest absolute Gasteiger partial charge is 0.278 e. The molecule has 1 aromatic carbocycles. The number of carbonyl (C=O) groups excluding carboxylic acids is 2. The fourth-order valence-corrected chi connectivity index (χ4v) is 3.92. The van der Waals surface area contributed by atoms with E-state index in [4.69, 9.17) is 0 Å². The number of ketones is 1. The lowest BCUT2D eigenvalue weighted by Gasteiger charge is -2.19. The van der Waals surface area contributed by atoms with Crippen molar-refractivity contribution in [3.8, 4) is 0 Å². The highest BCUT2D eigenvalue weighted by molar-refractivity contribution is 8.01. The van der Waals surface area contributed by atoms with Crippen LogP contribution in [0.4, 0.5) is 0 Å². The maximum Gasteiger partial charge on any atom is 0.278 e. The number of amides is 1. The summed E-state index contributed by atoms with van der Waals surface area (Å²) in [5, 5.41) is 0.161. The number of benzene rings is 1. The number of aromatic nitrogens is 3. The number of nitrogens with one attached hydrogen (secondary N) is 1. The molecule has 0 bridgehead atoms. The highest BCUT2D eigenvalue weighted by Gasteiger charge is 2.29. The molecule has 2 aromatic heterocycles. The van der Waals surface area contributed by atoms with Gasteiger partial charge in [-0.25, -0.2) is 4.98 Å². The molecule has 0 aliphatic heterocycles. The van der Waals surface area contributed by atoms with Crippen molar-refractivity contribution in [2.24, 2.45) is 0 Å². The van der Waals surface area contributed by atoms with Crippen molar-refractivity contribution in [1.82, 2.24) is 19.4 Å². The van der Waals surface area contributed by atoms with Crippen LogP contribution >= 0.6 is 11.8 Å². The Hall–Kier alpha value is -2.87. The van der Waals surface area contributed by atoms with Crippen molar-refractivity contribution in [3.63, 3.8) is 0 Å². The molecule has 0 aliphatic carbocycles. The van der Waals surface area contributed by atoms with Crippen LogP contribution in [0.5, 0.6) is 0 Å². The van der Waals surface area contributed by atoms with Crippen molar-refractivity contribution >= 4 is 45.4 Å². The maximum absolute atomic E-state index is 13.0. The Morgan fingerprint density at radius 1 is 1.37 bits per heavy atom. The number of Topliss-reactive ketones (excluding diaryl/α,β-unsaturated/α-hetero) is 1. The first-order valence-corrected chi connectivity index (χ1v) is 9.23. The lowest BCUT2D eigenvalue weighted by Crippen LogP contribution is -2.36. The molecule has 140 valence electrons. The Morgan fingerprint density at radius 3 is 2.70 bits per heavy atom. The van der Waals surface area contributed by atoms with Crippen LogP contribution in [0.15, 0.2) is 46.9 Å². The zero-order chi connectivity index (χ0) is 19.7. The standard InChI is InChI=1S/C19H20N4O3S/c1-5-10-23-17(25)15-14(12-8-6-7-9-13(12)20-15)21-19(23)27-16(11(2)24)18(26)22(3)4/h5-9,16,20H,1,10H2,2-4H3. The first kappa shape index (κ1) is 18.9. The van der Waals surface area contributed by atoms with Crippen LogP contribution in [0.3, 0.4) is 0 Å². The number of H-pyrrole nitrogens is 1. The number of hydrogen-bond acceptors (Lipinski definition) is 5. The third kappa shape index (κ3) is 3.40. The van der Waals surface area contributed by atoms with Crippen molar-refractivity contribution in [2.75, 3.05) is 14.1 Å². The molecular weight excluding hydrogens is 364 g/mol. The van der Waals surface area contributed by atoms with E-state index in [1.165, 1.54) is 16.4 Å². The minimum Gasteiger partial charge on any atom is -0.349 e. The molecule has 0 radical (unpaired) electrons. The molecular formula is C19H20N4O3S. The second kappa shape index (κ2) is 7.40. The molecule has 7 nitrogen and oxygen atoms in total. The van der Waals surface area contributed by atoms with Crippen LogP contribution in [0.2, 0.25) is 0 Å². The molecule has 0 spiro atoms. The van der Waals surface area contributed by atoms with Crippen molar-refractivity contribution < 1.29 is 9.59 Å². The van der Waals surface area contributed by atoms with E-state index < -0.39 is 5.25 Å². The maximum atomic E-state index is 13.0. The average molecular weight is 384 g/mol. The van der Waals surface area contributed by atoms with Gasteiger partial charge in [-0.15, -0.1) is 6.58 Å². The molecule has 3 rings (SSSR count). The molecule has 0 saturated carbocycles. The van der Waals surface area contributed by atoms with Crippen LogP contribution in [0.25, 0.3) is 21.9 Å². The molecule has 0 aliphatic rings. The van der Waals surface area contributed by atoms with Gasteiger partial charge in [0.05, 0.1) is 0 Å². The Morgan fingerprint density at radius 2 is 2.07 bits per heavy atom. The molecule has 8 heteroatoms. The molecule has 2 heterocycles. The van der Waals surface area contributed by atoms with E-state index in [2.05, 4.69) is 16.5 Å². The third-order valence-corrected chi connectivity index (χ3v) is 5.44. The topological polar surface area (TPSA) is 88.1 Å². The monoisotopic (exact) mass is 384 g/mol. The summed E-state index contributed by atoms with van der Waals surface area (Å²) in [6, 6.07) is 7.49. The summed E-state index contributed by atoms with van der Waals surface area (Å²) in [7, 11) is 3.18. The van der Waals surface area contributed by atoms with Crippen LogP contribution < -0.4 is 5.56 Å². The summed E-state index contributed by atoms with van der Waals surface area (Å²) in [4.78, 5) is 46.6. The highest BCUT2D eigenvalue weighted by Crippen LogP contribution is 2.27. The summed E-state index contributed by atoms with van der Waals surface area (Å²) < 4.78 is 1.42. The van der Waals surface area contributed by atoms with E-state index in [-0.39, 0.29) is 23.8 Å². The van der Waals surface area contributed by atoms with Gasteiger partial charge in [0.25, 0.3) is 5.56 Å². The van der Waals surface area contributed by atoms with E-state index in [0.717, 1.165) is 22.7 Å². The van der Waals surface area contributed by atoms with Gasteiger partial charge in [-0.05, 0) is 13.0 Å². The second-order valence-corrected chi connectivity index (χ2v) is 7.41. The predicted molar refractivity (Wildman–Crippen MR) is 107 cm³/mol. The average Bonchev–Trinajstić information content (AvgIpc) is 3.00. The highest BCUT2D eigenvalue weighted by atomic mass is 32.2. The number of rotatable bonds is 6. The zero-order valence-electron chi connectivity index (χ0n) is 15.4. The molecule has 1 N–H and O–H groups in total. The lowest BCUT2D eigenvalue weighted by atomic mass is 10.2. The van der Waals surface area contributed by atoms with Gasteiger partial charge in [0.15, 0.2) is 10.9 Å².